The highest BCUT2D eigenvalue weighted by Gasteiger charge is 2.18. The lowest BCUT2D eigenvalue weighted by Gasteiger charge is -2.31. The molecular formula is C13H19Cl2FN2. The molecule has 1 heterocycles. The first-order valence-electron chi connectivity index (χ1n) is 6.01. The molecule has 1 aliphatic rings. The first-order valence-corrected chi connectivity index (χ1v) is 6.39. The van der Waals surface area contributed by atoms with E-state index in [4.69, 9.17) is 11.6 Å². The summed E-state index contributed by atoms with van der Waals surface area (Å²) in [6.07, 6.45) is 2.28. The van der Waals surface area contributed by atoms with Gasteiger partial charge in [-0.25, -0.2) is 4.39 Å². The standard InChI is InChI=1S/C13H18ClFN2.ClH/c1-17(12-4-6-16-7-5-12)9-10-8-11(15)2-3-13(10)14;/h2-3,8,12,16H,4-7,9H2,1H3;1H. The Bertz CT molecular complexity index is 381. The van der Waals surface area contributed by atoms with Crippen molar-refractivity contribution in [2.75, 3.05) is 20.1 Å². The molecule has 1 aromatic rings. The van der Waals surface area contributed by atoms with Crippen molar-refractivity contribution in [1.82, 2.24) is 10.2 Å². The monoisotopic (exact) mass is 292 g/mol. The fourth-order valence-corrected chi connectivity index (χ4v) is 2.49. The Morgan fingerprint density at radius 3 is 2.72 bits per heavy atom. The van der Waals surface area contributed by atoms with Crippen molar-refractivity contribution >= 4 is 24.0 Å². The van der Waals surface area contributed by atoms with Crippen molar-refractivity contribution in [2.24, 2.45) is 0 Å². The molecule has 0 atom stereocenters. The summed E-state index contributed by atoms with van der Waals surface area (Å²) >= 11 is 6.07. The van der Waals surface area contributed by atoms with Crippen LogP contribution in [0.2, 0.25) is 5.02 Å². The van der Waals surface area contributed by atoms with E-state index in [2.05, 4.69) is 17.3 Å². The van der Waals surface area contributed by atoms with E-state index in [1.807, 2.05) is 0 Å². The number of rotatable bonds is 3. The predicted octanol–water partition coefficient (Wildman–Crippen LogP) is 3.08. The summed E-state index contributed by atoms with van der Waals surface area (Å²) in [6, 6.07) is 5.12. The first-order chi connectivity index (χ1) is 8.16. The number of hydrogen-bond donors (Lipinski definition) is 1. The molecule has 0 saturated carbocycles. The van der Waals surface area contributed by atoms with Crippen LogP contribution in [0.15, 0.2) is 18.2 Å². The second-order valence-electron chi connectivity index (χ2n) is 4.63. The van der Waals surface area contributed by atoms with Gasteiger partial charge in [0, 0.05) is 17.6 Å². The SMILES string of the molecule is CN(Cc1cc(F)ccc1Cl)C1CCNCC1.Cl. The first kappa shape index (κ1) is 15.7. The van der Waals surface area contributed by atoms with E-state index in [1.165, 1.54) is 12.1 Å². The number of benzene rings is 1. The normalized spacial score (nSPS) is 16.7. The molecule has 0 aromatic heterocycles. The number of nitrogens with zero attached hydrogens (tertiary/aromatic N) is 1. The molecule has 1 aliphatic heterocycles. The van der Waals surface area contributed by atoms with Crippen LogP contribution in [0.4, 0.5) is 4.39 Å². The lowest BCUT2D eigenvalue weighted by atomic mass is 10.0. The van der Waals surface area contributed by atoms with Crippen LogP contribution >= 0.6 is 24.0 Å². The Morgan fingerprint density at radius 1 is 1.39 bits per heavy atom. The highest BCUT2D eigenvalue weighted by Crippen LogP contribution is 2.21. The van der Waals surface area contributed by atoms with Crippen molar-refractivity contribution in [3.05, 3.63) is 34.6 Å². The minimum Gasteiger partial charge on any atom is -0.317 e. The van der Waals surface area contributed by atoms with Gasteiger partial charge in [-0.3, -0.25) is 4.90 Å². The van der Waals surface area contributed by atoms with Gasteiger partial charge < -0.3 is 5.32 Å². The van der Waals surface area contributed by atoms with Gasteiger partial charge in [-0.1, -0.05) is 11.6 Å². The molecule has 0 radical (unpaired) electrons. The largest absolute Gasteiger partial charge is 0.317 e. The molecule has 0 amide bonds. The molecule has 1 saturated heterocycles. The topological polar surface area (TPSA) is 15.3 Å². The molecule has 0 spiro atoms. The predicted molar refractivity (Wildman–Crippen MR) is 76.0 cm³/mol. The van der Waals surface area contributed by atoms with Crippen molar-refractivity contribution in [2.45, 2.75) is 25.4 Å². The average Bonchev–Trinajstić information content (AvgIpc) is 2.35. The summed E-state index contributed by atoms with van der Waals surface area (Å²) in [5, 5.41) is 3.99. The van der Waals surface area contributed by atoms with E-state index in [1.54, 1.807) is 6.07 Å². The molecule has 0 aliphatic carbocycles. The smallest absolute Gasteiger partial charge is 0.123 e. The summed E-state index contributed by atoms with van der Waals surface area (Å²) in [4.78, 5) is 2.27. The van der Waals surface area contributed by atoms with Gasteiger partial charge in [0.25, 0.3) is 0 Å². The minimum absolute atomic E-state index is 0. The quantitative estimate of drug-likeness (QED) is 0.921. The number of hydrogen-bond acceptors (Lipinski definition) is 2. The summed E-state index contributed by atoms with van der Waals surface area (Å²) < 4.78 is 13.2. The lowest BCUT2D eigenvalue weighted by molar-refractivity contribution is 0.191. The third-order valence-electron chi connectivity index (χ3n) is 3.36. The van der Waals surface area contributed by atoms with Crippen LogP contribution < -0.4 is 5.32 Å². The molecule has 18 heavy (non-hydrogen) atoms. The molecule has 2 nitrogen and oxygen atoms in total. The summed E-state index contributed by atoms with van der Waals surface area (Å²) in [6.45, 7) is 2.83. The van der Waals surface area contributed by atoms with Gasteiger partial charge in [-0.2, -0.15) is 0 Å². The average molecular weight is 293 g/mol. The van der Waals surface area contributed by atoms with Gasteiger partial charge in [0.2, 0.25) is 0 Å². The van der Waals surface area contributed by atoms with Crippen LogP contribution in [0, 0.1) is 5.82 Å². The van der Waals surface area contributed by atoms with E-state index < -0.39 is 0 Å². The Labute approximate surface area is 119 Å². The Balaban J connectivity index is 0.00000162. The Hall–Kier alpha value is -0.350. The molecule has 102 valence electrons. The summed E-state index contributed by atoms with van der Waals surface area (Å²) in [7, 11) is 2.08. The molecule has 0 unspecified atom stereocenters. The molecular weight excluding hydrogens is 274 g/mol. The molecule has 2 rings (SSSR count). The van der Waals surface area contributed by atoms with E-state index in [0.717, 1.165) is 31.5 Å². The summed E-state index contributed by atoms with van der Waals surface area (Å²) in [5.41, 5.74) is 0.868. The maximum Gasteiger partial charge on any atom is 0.123 e. The van der Waals surface area contributed by atoms with Crippen molar-refractivity contribution in [3.8, 4) is 0 Å². The van der Waals surface area contributed by atoms with E-state index in [9.17, 15) is 4.39 Å². The highest BCUT2D eigenvalue weighted by molar-refractivity contribution is 6.31. The summed E-state index contributed by atoms with van der Waals surface area (Å²) in [5.74, 6) is -0.219. The lowest BCUT2D eigenvalue weighted by Crippen LogP contribution is -2.40. The van der Waals surface area contributed by atoms with Crippen molar-refractivity contribution < 1.29 is 4.39 Å². The van der Waals surface area contributed by atoms with Gasteiger partial charge in [0.15, 0.2) is 0 Å². The van der Waals surface area contributed by atoms with Gasteiger partial charge >= 0.3 is 0 Å². The van der Waals surface area contributed by atoms with Crippen LogP contribution in [0.5, 0.6) is 0 Å². The van der Waals surface area contributed by atoms with Gasteiger partial charge in [-0.15, -0.1) is 12.4 Å². The molecule has 1 aromatic carbocycles. The van der Waals surface area contributed by atoms with Crippen LogP contribution in [-0.4, -0.2) is 31.1 Å². The molecule has 1 fully saturated rings. The van der Waals surface area contributed by atoms with E-state index in [0.29, 0.717) is 17.6 Å². The van der Waals surface area contributed by atoms with Crippen LogP contribution in [-0.2, 0) is 6.54 Å². The maximum absolute atomic E-state index is 13.2. The fraction of sp³-hybridized carbons (Fsp3) is 0.538. The van der Waals surface area contributed by atoms with E-state index in [-0.39, 0.29) is 18.2 Å². The second-order valence-corrected chi connectivity index (χ2v) is 5.04. The number of nitrogens with one attached hydrogen (secondary N) is 1. The third-order valence-corrected chi connectivity index (χ3v) is 3.73. The molecule has 5 heteroatoms. The zero-order valence-corrected chi connectivity index (χ0v) is 12.0. The minimum atomic E-state index is -0.219. The Kier molecular flexibility index (Phi) is 6.36. The van der Waals surface area contributed by atoms with Crippen LogP contribution in [0.25, 0.3) is 0 Å². The van der Waals surface area contributed by atoms with Gasteiger partial charge in [0.05, 0.1) is 0 Å². The number of piperidine rings is 1. The highest BCUT2D eigenvalue weighted by atomic mass is 35.5. The molecule has 0 bridgehead atoms. The fourth-order valence-electron chi connectivity index (χ4n) is 2.31. The van der Waals surface area contributed by atoms with Crippen LogP contribution in [0.3, 0.4) is 0 Å². The van der Waals surface area contributed by atoms with Crippen molar-refractivity contribution in [1.29, 1.82) is 0 Å². The second kappa shape index (κ2) is 7.29. The molecule has 1 N–H and O–H groups in total. The van der Waals surface area contributed by atoms with Gasteiger partial charge in [0.1, 0.15) is 5.82 Å². The third kappa shape index (κ3) is 4.09. The number of halogens is 3. The maximum atomic E-state index is 13.2. The Morgan fingerprint density at radius 2 is 2.06 bits per heavy atom. The van der Waals surface area contributed by atoms with Crippen molar-refractivity contribution in [3.63, 3.8) is 0 Å². The van der Waals surface area contributed by atoms with Crippen LogP contribution in [0.1, 0.15) is 18.4 Å². The zero-order valence-electron chi connectivity index (χ0n) is 10.5. The van der Waals surface area contributed by atoms with Gasteiger partial charge in [-0.05, 0) is 56.7 Å². The van der Waals surface area contributed by atoms with E-state index >= 15 is 0 Å². The zero-order chi connectivity index (χ0) is 12.3.